The Balaban J connectivity index is 1.38. The molecular formula is C27H26ClN3O3S. The highest BCUT2D eigenvalue weighted by Crippen LogP contribution is 2.28. The summed E-state index contributed by atoms with van der Waals surface area (Å²) in [7, 11) is 0. The number of carbonyl (C=O) groups is 1. The smallest absolute Gasteiger partial charge is 0.264 e. The second-order valence-electron chi connectivity index (χ2n) is 8.64. The Hall–Kier alpha value is -3.42. The molecule has 0 aliphatic carbocycles. The molecule has 0 fully saturated rings. The van der Waals surface area contributed by atoms with Gasteiger partial charge < -0.3 is 14.5 Å². The van der Waals surface area contributed by atoms with E-state index < -0.39 is 0 Å². The molecule has 0 spiro atoms. The van der Waals surface area contributed by atoms with Gasteiger partial charge in [0, 0.05) is 16.3 Å². The Labute approximate surface area is 214 Å². The number of halogens is 1. The van der Waals surface area contributed by atoms with Crippen LogP contribution < -0.4 is 15.4 Å². The quantitative estimate of drug-likeness (QED) is 0.280. The molecule has 0 aliphatic heterocycles. The van der Waals surface area contributed by atoms with Gasteiger partial charge >= 0.3 is 0 Å². The SMILES string of the molecule is Cc1cc(OCC(=O)NC(=S)Nc2cccc(-c3nc4cc(C(C)C)ccc4o3)c2)cc(C)c1Cl. The van der Waals surface area contributed by atoms with E-state index in [-0.39, 0.29) is 17.6 Å². The zero-order chi connectivity index (χ0) is 25.1. The minimum Gasteiger partial charge on any atom is -0.484 e. The van der Waals surface area contributed by atoms with Crippen LogP contribution in [-0.4, -0.2) is 22.6 Å². The van der Waals surface area contributed by atoms with Gasteiger partial charge in [0.05, 0.1) is 0 Å². The number of ether oxygens (including phenoxy) is 1. The molecule has 2 N–H and O–H groups in total. The van der Waals surface area contributed by atoms with Gasteiger partial charge in [-0.05, 0) is 91.1 Å². The predicted molar refractivity (Wildman–Crippen MR) is 144 cm³/mol. The minimum absolute atomic E-state index is 0.165. The molecule has 0 saturated carbocycles. The fourth-order valence-electron chi connectivity index (χ4n) is 3.62. The molecule has 0 aliphatic rings. The van der Waals surface area contributed by atoms with Gasteiger partial charge in [-0.3, -0.25) is 10.1 Å². The third-order valence-corrected chi connectivity index (χ3v) is 6.28. The van der Waals surface area contributed by atoms with Gasteiger partial charge in [0.1, 0.15) is 11.3 Å². The molecule has 0 atom stereocenters. The van der Waals surface area contributed by atoms with Crippen LogP contribution >= 0.6 is 23.8 Å². The van der Waals surface area contributed by atoms with Crippen molar-refractivity contribution in [3.63, 3.8) is 0 Å². The number of anilines is 1. The third kappa shape index (κ3) is 5.99. The molecule has 1 aromatic heterocycles. The third-order valence-electron chi connectivity index (χ3n) is 5.48. The van der Waals surface area contributed by atoms with Crippen LogP contribution in [0.3, 0.4) is 0 Å². The van der Waals surface area contributed by atoms with Gasteiger partial charge in [0.25, 0.3) is 5.91 Å². The van der Waals surface area contributed by atoms with Crippen molar-refractivity contribution in [2.24, 2.45) is 0 Å². The largest absolute Gasteiger partial charge is 0.484 e. The van der Waals surface area contributed by atoms with Crippen molar-refractivity contribution in [3.05, 3.63) is 76.3 Å². The number of hydrogen-bond donors (Lipinski definition) is 2. The summed E-state index contributed by atoms with van der Waals surface area (Å²) in [6, 6.07) is 17.1. The predicted octanol–water partition coefficient (Wildman–Crippen LogP) is 6.78. The first-order valence-corrected chi connectivity index (χ1v) is 12.0. The maximum absolute atomic E-state index is 12.3. The lowest BCUT2D eigenvalue weighted by Crippen LogP contribution is -2.37. The van der Waals surface area contributed by atoms with Crippen LogP contribution in [0, 0.1) is 13.8 Å². The lowest BCUT2D eigenvalue weighted by molar-refractivity contribution is -0.121. The number of aromatic nitrogens is 1. The zero-order valence-electron chi connectivity index (χ0n) is 19.9. The van der Waals surface area contributed by atoms with Crippen molar-refractivity contribution in [2.75, 3.05) is 11.9 Å². The average Bonchev–Trinajstić information content (AvgIpc) is 3.24. The Morgan fingerprint density at radius 2 is 1.86 bits per heavy atom. The van der Waals surface area contributed by atoms with Gasteiger partial charge in [0.15, 0.2) is 17.3 Å². The summed E-state index contributed by atoms with van der Waals surface area (Å²) in [5.74, 6) is 1.13. The van der Waals surface area contributed by atoms with E-state index in [4.69, 9.17) is 33.0 Å². The Bertz CT molecular complexity index is 1390. The number of fused-ring (bicyclic) bond motifs is 1. The molecule has 4 rings (SSSR count). The van der Waals surface area contributed by atoms with Crippen LogP contribution in [-0.2, 0) is 4.79 Å². The molecule has 4 aromatic rings. The van der Waals surface area contributed by atoms with E-state index in [9.17, 15) is 4.79 Å². The monoisotopic (exact) mass is 507 g/mol. The van der Waals surface area contributed by atoms with E-state index in [1.54, 1.807) is 12.1 Å². The van der Waals surface area contributed by atoms with E-state index in [2.05, 4.69) is 41.6 Å². The van der Waals surface area contributed by atoms with E-state index in [0.717, 1.165) is 27.8 Å². The molecule has 0 radical (unpaired) electrons. The molecule has 0 unspecified atom stereocenters. The molecule has 0 bridgehead atoms. The first-order valence-electron chi connectivity index (χ1n) is 11.2. The minimum atomic E-state index is -0.371. The number of carbonyl (C=O) groups excluding carboxylic acids is 1. The van der Waals surface area contributed by atoms with Gasteiger partial charge in [0.2, 0.25) is 5.89 Å². The van der Waals surface area contributed by atoms with Gasteiger partial charge in [-0.15, -0.1) is 0 Å². The molecule has 0 saturated heterocycles. The number of amides is 1. The van der Waals surface area contributed by atoms with Crippen molar-refractivity contribution in [1.82, 2.24) is 10.3 Å². The molecule has 35 heavy (non-hydrogen) atoms. The zero-order valence-corrected chi connectivity index (χ0v) is 21.5. The second-order valence-corrected chi connectivity index (χ2v) is 9.43. The van der Waals surface area contributed by atoms with E-state index >= 15 is 0 Å². The van der Waals surface area contributed by atoms with E-state index in [1.807, 2.05) is 44.2 Å². The maximum Gasteiger partial charge on any atom is 0.264 e. The Kier molecular flexibility index (Phi) is 7.38. The number of oxazole rings is 1. The number of benzene rings is 3. The molecule has 1 heterocycles. The average molecular weight is 508 g/mol. The summed E-state index contributed by atoms with van der Waals surface area (Å²) in [5.41, 5.74) is 6.03. The van der Waals surface area contributed by atoms with Crippen LogP contribution in [0.5, 0.6) is 5.75 Å². The first kappa shape index (κ1) is 24.7. The number of hydrogen-bond acceptors (Lipinski definition) is 5. The molecule has 6 nitrogen and oxygen atoms in total. The fraction of sp³-hybridized carbons (Fsp3) is 0.222. The van der Waals surface area contributed by atoms with Crippen molar-refractivity contribution in [1.29, 1.82) is 0 Å². The van der Waals surface area contributed by atoms with Gasteiger partial charge in [-0.2, -0.15) is 0 Å². The number of nitrogens with zero attached hydrogens (tertiary/aromatic N) is 1. The van der Waals surface area contributed by atoms with Crippen LogP contribution in [0.4, 0.5) is 5.69 Å². The number of rotatable bonds is 6. The molecule has 180 valence electrons. The van der Waals surface area contributed by atoms with Crippen molar-refractivity contribution in [2.45, 2.75) is 33.6 Å². The molecule has 3 aromatic carbocycles. The molecule has 8 heteroatoms. The van der Waals surface area contributed by atoms with Crippen LogP contribution in [0.25, 0.3) is 22.6 Å². The Morgan fingerprint density at radius 1 is 1.11 bits per heavy atom. The number of thiocarbonyl (C=S) groups is 1. The summed E-state index contributed by atoms with van der Waals surface area (Å²) in [5, 5.41) is 6.50. The van der Waals surface area contributed by atoms with Gasteiger partial charge in [-0.1, -0.05) is 37.6 Å². The summed E-state index contributed by atoms with van der Waals surface area (Å²) in [6.45, 7) is 7.89. The van der Waals surface area contributed by atoms with Crippen molar-refractivity contribution >= 4 is 51.6 Å². The van der Waals surface area contributed by atoms with Crippen LogP contribution in [0.2, 0.25) is 5.02 Å². The summed E-state index contributed by atoms with van der Waals surface area (Å²) in [6.07, 6.45) is 0. The fourth-order valence-corrected chi connectivity index (χ4v) is 3.96. The van der Waals surface area contributed by atoms with Crippen LogP contribution in [0.1, 0.15) is 36.5 Å². The molecule has 1 amide bonds. The lowest BCUT2D eigenvalue weighted by atomic mass is 10.0. The highest BCUT2D eigenvalue weighted by molar-refractivity contribution is 7.80. The summed E-state index contributed by atoms with van der Waals surface area (Å²) >= 11 is 11.5. The first-order chi connectivity index (χ1) is 16.7. The van der Waals surface area contributed by atoms with Crippen molar-refractivity contribution in [3.8, 4) is 17.2 Å². The van der Waals surface area contributed by atoms with Crippen LogP contribution in [0.15, 0.2) is 59.0 Å². The number of nitrogens with one attached hydrogen (secondary N) is 2. The van der Waals surface area contributed by atoms with Gasteiger partial charge in [-0.25, -0.2) is 4.98 Å². The normalized spacial score (nSPS) is 11.0. The topological polar surface area (TPSA) is 76.4 Å². The van der Waals surface area contributed by atoms with E-state index in [1.165, 1.54) is 5.56 Å². The number of aryl methyl sites for hydroxylation is 2. The standard InChI is InChI=1S/C27H26ClN3O3S/c1-15(2)18-8-9-23-22(13-18)30-26(34-23)19-6-5-7-20(12-19)29-27(35)31-24(32)14-33-21-10-16(3)25(28)17(4)11-21/h5-13,15H,14H2,1-4H3,(H2,29,31,32,35). The highest BCUT2D eigenvalue weighted by atomic mass is 35.5. The summed E-state index contributed by atoms with van der Waals surface area (Å²) in [4.78, 5) is 16.9. The van der Waals surface area contributed by atoms with E-state index in [0.29, 0.717) is 28.3 Å². The maximum atomic E-state index is 12.3. The Morgan fingerprint density at radius 3 is 2.57 bits per heavy atom. The summed E-state index contributed by atoms with van der Waals surface area (Å²) < 4.78 is 11.5. The lowest BCUT2D eigenvalue weighted by Gasteiger charge is -2.12. The second kappa shape index (κ2) is 10.5. The highest BCUT2D eigenvalue weighted by Gasteiger charge is 2.12. The molecular weight excluding hydrogens is 482 g/mol. The van der Waals surface area contributed by atoms with Crippen molar-refractivity contribution < 1.29 is 13.9 Å².